The van der Waals surface area contributed by atoms with Crippen LogP contribution >= 0.6 is 50.7 Å². The van der Waals surface area contributed by atoms with Crippen molar-refractivity contribution in [2.75, 3.05) is 11.9 Å². The van der Waals surface area contributed by atoms with Gasteiger partial charge in [0.1, 0.15) is 6.61 Å². The predicted molar refractivity (Wildman–Crippen MR) is 132 cm³/mol. The average Bonchev–Trinajstić information content (AvgIpc) is 2.74. The predicted octanol–water partition coefficient (Wildman–Crippen LogP) is 7.70. The molecular weight excluding hydrogens is 541 g/mol. The molecule has 0 aliphatic heterocycles. The molecule has 0 atom stereocenters. The van der Waals surface area contributed by atoms with Crippen LogP contribution in [0.15, 0.2) is 53.0 Å². The second kappa shape index (κ2) is 11.1. The van der Waals surface area contributed by atoms with Crippen LogP contribution in [0.2, 0.25) is 15.1 Å². The Morgan fingerprint density at radius 3 is 2.41 bits per heavy atom. The first-order valence-corrected chi connectivity index (χ1v) is 11.5. The summed E-state index contributed by atoms with van der Waals surface area (Å²) in [5.74, 6) is 0.0518. The Labute approximate surface area is 209 Å². The van der Waals surface area contributed by atoms with E-state index in [0.717, 1.165) is 5.56 Å². The molecule has 0 saturated heterocycles. The lowest BCUT2D eigenvalue weighted by Crippen LogP contribution is -2.05. The molecule has 0 saturated carbocycles. The molecule has 0 heterocycles. The minimum atomic E-state index is -1.02. The molecule has 32 heavy (non-hydrogen) atoms. The Kier molecular flexibility index (Phi) is 8.54. The van der Waals surface area contributed by atoms with Gasteiger partial charge in [-0.2, -0.15) is 0 Å². The third-order valence-electron chi connectivity index (χ3n) is 4.49. The van der Waals surface area contributed by atoms with Gasteiger partial charge in [-0.1, -0.05) is 40.9 Å². The number of halogens is 4. The van der Waals surface area contributed by atoms with Crippen LogP contribution < -0.4 is 14.8 Å². The van der Waals surface area contributed by atoms with Gasteiger partial charge in [-0.25, -0.2) is 4.79 Å². The van der Waals surface area contributed by atoms with Crippen LogP contribution in [0.4, 0.5) is 5.69 Å². The lowest BCUT2D eigenvalue weighted by atomic mass is 10.1. The van der Waals surface area contributed by atoms with Crippen molar-refractivity contribution in [1.29, 1.82) is 0 Å². The zero-order valence-corrected chi connectivity index (χ0v) is 20.8. The van der Waals surface area contributed by atoms with E-state index in [4.69, 9.17) is 44.3 Å². The number of hydrogen-bond donors (Lipinski definition) is 2. The van der Waals surface area contributed by atoms with E-state index in [-0.39, 0.29) is 12.2 Å². The molecule has 0 radical (unpaired) electrons. The van der Waals surface area contributed by atoms with E-state index < -0.39 is 5.97 Å². The van der Waals surface area contributed by atoms with Gasteiger partial charge in [0.2, 0.25) is 0 Å². The molecule has 5 nitrogen and oxygen atoms in total. The van der Waals surface area contributed by atoms with Crippen LogP contribution in [0, 0.1) is 0 Å². The van der Waals surface area contributed by atoms with Crippen LogP contribution in [-0.2, 0) is 13.2 Å². The Balaban J connectivity index is 1.81. The molecule has 0 fully saturated rings. The van der Waals surface area contributed by atoms with Gasteiger partial charge >= 0.3 is 5.97 Å². The lowest BCUT2D eigenvalue weighted by molar-refractivity contribution is 0.0697. The van der Waals surface area contributed by atoms with E-state index in [0.29, 0.717) is 55.4 Å². The number of carboxylic acid groups (broad SMARTS) is 1. The third-order valence-corrected chi connectivity index (χ3v) is 6.11. The summed E-state index contributed by atoms with van der Waals surface area (Å²) in [6, 6.07) is 13.5. The molecule has 9 heteroatoms. The van der Waals surface area contributed by atoms with E-state index in [9.17, 15) is 9.90 Å². The summed E-state index contributed by atoms with van der Waals surface area (Å²) in [5, 5.41) is 13.8. The maximum absolute atomic E-state index is 11.2. The van der Waals surface area contributed by atoms with E-state index >= 15 is 0 Å². The van der Waals surface area contributed by atoms with Gasteiger partial charge in [0.05, 0.1) is 27.4 Å². The minimum absolute atomic E-state index is 0.148. The van der Waals surface area contributed by atoms with Crippen molar-refractivity contribution < 1.29 is 19.4 Å². The summed E-state index contributed by atoms with van der Waals surface area (Å²) >= 11 is 22.2. The maximum Gasteiger partial charge on any atom is 0.335 e. The molecule has 0 amide bonds. The summed E-state index contributed by atoms with van der Waals surface area (Å²) in [5.41, 5.74) is 2.23. The molecule has 0 aliphatic rings. The van der Waals surface area contributed by atoms with E-state index in [1.165, 1.54) is 12.1 Å². The molecule has 3 rings (SSSR count). The number of rotatable bonds is 9. The fourth-order valence-electron chi connectivity index (χ4n) is 2.93. The third kappa shape index (κ3) is 6.01. The second-order valence-corrected chi connectivity index (χ2v) is 8.76. The number of carboxylic acids is 1. The topological polar surface area (TPSA) is 67.8 Å². The number of aromatic carboxylic acids is 1. The lowest BCUT2D eigenvalue weighted by Gasteiger charge is -2.17. The van der Waals surface area contributed by atoms with Crippen molar-refractivity contribution >= 4 is 62.4 Å². The number of nitrogens with one attached hydrogen (secondary N) is 1. The molecule has 0 aliphatic carbocycles. The molecule has 168 valence electrons. The molecule has 0 unspecified atom stereocenters. The average molecular weight is 560 g/mol. The molecule has 0 aromatic heterocycles. The summed E-state index contributed by atoms with van der Waals surface area (Å²) in [6.45, 7) is 2.88. The largest absolute Gasteiger partial charge is 0.490 e. The first-order valence-electron chi connectivity index (χ1n) is 9.57. The summed E-state index contributed by atoms with van der Waals surface area (Å²) in [4.78, 5) is 11.2. The molecule has 0 spiro atoms. The van der Waals surface area contributed by atoms with Crippen molar-refractivity contribution in [2.45, 2.75) is 20.1 Å². The standard InChI is InChI=1S/C23H19BrCl3NO4/c1-2-31-21-9-13(11-28-20-10-14(23(29)30)6-7-19(20)27)8-16(24)22(21)32-12-15-17(25)4-3-5-18(15)26/h3-10,28H,2,11-12H2,1H3,(H,29,30). The molecule has 2 N–H and O–H groups in total. The van der Waals surface area contributed by atoms with Crippen molar-refractivity contribution in [3.63, 3.8) is 0 Å². The highest BCUT2D eigenvalue weighted by Gasteiger charge is 2.15. The molecular formula is C23H19BrCl3NO4. The Bertz CT molecular complexity index is 1120. The number of carbonyl (C=O) groups is 1. The summed E-state index contributed by atoms with van der Waals surface area (Å²) < 4.78 is 12.5. The van der Waals surface area contributed by atoms with Crippen LogP contribution in [0.1, 0.15) is 28.4 Å². The highest BCUT2D eigenvalue weighted by molar-refractivity contribution is 9.10. The summed E-state index contributed by atoms with van der Waals surface area (Å²) in [7, 11) is 0. The van der Waals surface area contributed by atoms with Gasteiger partial charge in [0.15, 0.2) is 11.5 Å². The van der Waals surface area contributed by atoms with Gasteiger partial charge < -0.3 is 19.9 Å². The van der Waals surface area contributed by atoms with Crippen molar-refractivity contribution in [3.8, 4) is 11.5 Å². The van der Waals surface area contributed by atoms with Crippen LogP contribution in [0.25, 0.3) is 0 Å². The first kappa shape index (κ1) is 24.5. The van der Waals surface area contributed by atoms with Gasteiger partial charge in [0, 0.05) is 22.2 Å². The van der Waals surface area contributed by atoms with E-state index in [2.05, 4.69) is 21.2 Å². The van der Waals surface area contributed by atoms with Gasteiger partial charge in [-0.3, -0.25) is 0 Å². The second-order valence-electron chi connectivity index (χ2n) is 6.68. The molecule has 0 bridgehead atoms. The fraction of sp³-hybridized carbons (Fsp3) is 0.174. The highest BCUT2D eigenvalue weighted by atomic mass is 79.9. The van der Waals surface area contributed by atoms with Crippen LogP contribution in [-0.4, -0.2) is 17.7 Å². The normalized spacial score (nSPS) is 10.7. The Morgan fingerprint density at radius 1 is 1.03 bits per heavy atom. The first-order chi connectivity index (χ1) is 15.3. The van der Waals surface area contributed by atoms with E-state index in [1.54, 1.807) is 24.3 Å². The maximum atomic E-state index is 11.2. The number of anilines is 1. The van der Waals surface area contributed by atoms with Gasteiger partial charge in [0.25, 0.3) is 0 Å². The zero-order chi connectivity index (χ0) is 23.3. The smallest absolute Gasteiger partial charge is 0.335 e. The van der Waals surface area contributed by atoms with Crippen molar-refractivity contribution in [2.24, 2.45) is 0 Å². The van der Waals surface area contributed by atoms with Crippen molar-refractivity contribution in [3.05, 3.63) is 84.8 Å². The quantitative estimate of drug-likeness (QED) is 0.281. The summed E-state index contributed by atoms with van der Waals surface area (Å²) in [6.07, 6.45) is 0. The minimum Gasteiger partial charge on any atom is -0.490 e. The van der Waals surface area contributed by atoms with Crippen LogP contribution in [0.3, 0.4) is 0 Å². The molecule has 3 aromatic carbocycles. The van der Waals surface area contributed by atoms with E-state index in [1.807, 2.05) is 19.1 Å². The van der Waals surface area contributed by atoms with Gasteiger partial charge in [-0.05, 0) is 70.9 Å². The fourth-order valence-corrected chi connectivity index (χ4v) is 4.23. The number of ether oxygens (including phenoxy) is 2. The Morgan fingerprint density at radius 2 is 1.75 bits per heavy atom. The number of benzene rings is 3. The number of hydrogen-bond acceptors (Lipinski definition) is 4. The SMILES string of the molecule is CCOc1cc(CNc2cc(C(=O)O)ccc2Cl)cc(Br)c1OCc1c(Cl)cccc1Cl. The highest BCUT2D eigenvalue weighted by Crippen LogP contribution is 2.38. The monoisotopic (exact) mass is 557 g/mol. The van der Waals surface area contributed by atoms with Crippen LogP contribution in [0.5, 0.6) is 11.5 Å². The molecule has 3 aromatic rings. The van der Waals surface area contributed by atoms with Crippen molar-refractivity contribution in [1.82, 2.24) is 0 Å². The zero-order valence-electron chi connectivity index (χ0n) is 16.9. The Hall–Kier alpha value is -2.12. The van der Waals surface area contributed by atoms with Gasteiger partial charge in [-0.15, -0.1) is 0 Å².